The van der Waals surface area contributed by atoms with E-state index < -0.39 is 30.4 Å². The monoisotopic (exact) mass is 243 g/mol. The number of nitrogens with zero attached hydrogens (tertiary/aromatic N) is 2. The van der Waals surface area contributed by atoms with E-state index in [4.69, 9.17) is 15.4 Å². The second-order valence-corrected chi connectivity index (χ2v) is 3.40. The maximum absolute atomic E-state index is 9.54. The summed E-state index contributed by atoms with van der Waals surface area (Å²) in [6.45, 7) is -0.217. The number of hydrogen-bond acceptors (Lipinski definition) is 8. The lowest BCUT2D eigenvalue weighted by Crippen LogP contribution is -2.52. The largest absolute Gasteiger partial charge is 0.479 e. The molecule has 0 aliphatic carbocycles. The smallest absolute Gasteiger partial charge is 0.243 e. The molecule has 1 saturated heterocycles. The van der Waals surface area contributed by atoms with Gasteiger partial charge in [0, 0.05) is 0 Å². The Morgan fingerprint density at radius 1 is 1.47 bits per heavy atom. The van der Waals surface area contributed by atoms with Gasteiger partial charge in [-0.2, -0.15) is 5.26 Å². The van der Waals surface area contributed by atoms with Crippen molar-refractivity contribution in [3.8, 4) is 6.07 Å². The van der Waals surface area contributed by atoms with E-state index in [1.54, 1.807) is 6.07 Å². The van der Waals surface area contributed by atoms with Crippen LogP contribution in [-0.2, 0) is 9.47 Å². The molecule has 4 unspecified atom stereocenters. The van der Waals surface area contributed by atoms with Crippen LogP contribution in [0.15, 0.2) is 4.99 Å². The number of aliphatic hydroxyl groups excluding tert-OH is 3. The van der Waals surface area contributed by atoms with Crippen molar-refractivity contribution in [1.82, 2.24) is 0 Å². The molecule has 1 aliphatic heterocycles. The van der Waals surface area contributed by atoms with Gasteiger partial charge in [0.2, 0.25) is 5.90 Å². The van der Waals surface area contributed by atoms with Gasteiger partial charge in [-0.15, -0.1) is 0 Å². The summed E-state index contributed by atoms with van der Waals surface area (Å²) in [5.41, 5.74) is -0.361. The molecule has 1 heterocycles. The topological polar surface area (TPSA) is 139 Å². The fourth-order valence-electron chi connectivity index (χ4n) is 1.27. The highest BCUT2D eigenvalue weighted by Crippen LogP contribution is 2.16. The van der Waals surface area contributed by atoms with E-state index >= 15 is 0 Å². The van der Waals surface area contributed by atoms with Gasteiger partial charge in [0.1, 0.15) is 24.4 Å². The van der Waals surface area contributed by atoms with E-state index in [2.05, 4.69) is 9.73 Å². The summed E-state index contributed by atoms with van der Waals surface area (Å²) in [5.74, 6) is -0.469. The number of nitrogens with one attached hydrogen (secondary N) is 1. The number of aliphatic imine (C=N–C) groups is 1. The van der Waals surface area contributed by atoms with Crippen molar-refractivity contribution in [3.63, 3.8) is 0 Å². The summed E-state index contributed by atoms with van der Waals surface area (Å²) in [6, 6.07) is 1.61. The molecule has 1 fully saturated rings. The van der Waals surface area contributed by atoms with Crippen LogP contribution in [0, 0.1) is 16.7 Å². The van der Waals surface area contributed by atoms with Crippen molar-refractivity contribution >= 4 is 11.6 Å². The molecule has 8 heteroatoms. The summed E-state index contributed by atoms with van der Waals surface area (Å²) in [6.07, 6.45) is -5.29. The first-order chi connectivity index (χ1) is 8.01. The van der Waals surface area contributed by atoms with Crippen molar-refractivity contribution in [1.29, 1.82) is 10.7 Å². The van der Waals surface area contributed by atoms with Gasteiger partial charge in [-0.25, -0.2) is 4.99 Å². The van der Waals surface area contributed by atoms with E-state index in [-0.39, 0.29) is 12.3 Å². The Morgan fingerprint density at radius 2 is 2.12 bits per heavy atom. The Labute approximate surface area is 97.2 Å². The predicted molar refractivity (Wildman–Crippen MR) is 55.5 cm³/mol. The molecule has 8 nitrogen and oxygen atoms in total. The number of nitriles is 1. The molecule has 94 valence electrons. The summed E-state index contributed by atoms with van der Waals surface area (Å²) in [5, 5.41) is 44.1. The van der Waals surface area contributed by atoms with Gasteiger partial charge in [0.25, 0.3) is 0 Å². The molecule has 1 rings (SSSR count). The molecule has 0 amide bonds. The van der Waals surface area contributed by atoms with Gasteiger partial charge in [0.15, 0.2) is 11.9 Å². The third-order valence-corrected chi connectivity index (χ3v) is 2.26. The molecular formula is C9H13N3O5. The van der Waals surface area contributed by atoms with Gasteiger partial charge in [0.05, 0.1) is 13.7 Å². The summed E-state index contributed by atoms with van der Waals surface area (Å²) >= 11 is 0. The Hall–Kier alpha value is -1.53. The molecule has 0 aromatic carbocycles. The third kappa shape index (κ3) is 2.98. The second-order valence-electron chi connectivity index (χ2n) is 3.40. The zero-order valence-electron chi connectivity index (χ0n) is 9.07. The van der Waals surface area contributed by atoms with Gasteiger partial charge in [-0.05, 0) is 0 Å². The lowest BCUT2D eigenvalue weighted by Gasteiger charge is -2.33. The Balaban J connectivity index is 2.83. The Morgan fingerprint density at radius 3 is 2.65 bits per heavy atom. The molecule has 0 radical (unpaired) electrons. The lowest BCUT2D eigenvalue weighted by molar-refractivity contribution is -0.183. The normalized spacial score (nSPS) is 33.9. The van der Waals surface area contributed by atoms with Gasteiger partial charge in [-0.1, -0.05) is 0 Å². The van der Waals surface area contributed by atoms with Crippen molar-refractivity contribution in [3.05, 3.63) is 0 Å². The molecule has 0 aromatic rings. The Kier molecular flexibility index (Phi) is 4.53. The average Bonchev–Trinajstić information content (AvgIpc) is 2.34. The molecule has 4 atom stereocenters. The fourth-order valence-corrected chi connectivity index (χ4v) is 1.27. The van der Waals surface area contributed by atoms with Crippen LogP contribution in [0.1, 0.15) is 0 Å². The molecule has 0 spiro atoms. The molecule has 0 aromatic heterocycles. The SMILES string of the molecule is COC(=N)/C(C#N)=N/C1OCC(O)C(O)C1O. The van der Waals surface area contributed by atoms with Crippen LogP contribution in [0.4, 0.5) is 0 Å². The highest BCUT2D eigenvalue weighted by Gasteiger charge is 2.37. The van der Waals surface area contributed by atoms with Crippen LogP contribution in [0.5, 0.6) is 0 Å². The number of rotatable bonds is 2. The van der Waals surface area contributed by atoms with Crippen molar-refractivity contribution < 1.29 is 24.8 Å². The van der Waals surface area contributed by atoms with Crippen molar-refractivity contribution in [2.24, 2.45) is 4.99 Å². The zero-order chi connectivity index (χ0) is 13.0. The lowest BCUT2D eigenvalue weighted by atomic mass is 10.0. The van der Waals surface area contributed by atoms with E-state index in [1.165, 1.54) is 7.11 Å². The van der Waals surface area contributed by atoms with E-state index in [9.17, 15) is 15.3 Å². The van der Waals surface area contributed by atoms with Crippen LogP contribution < -0.4 is 0 Å². The van der Waals surface area contributed by atoms with E-state index in [0.29, 0.717) is 0 Å². The Bertz CT molecular complexity index is 364. The fraction of sp³-hybridized carbons (Fsp3) is 0.667. The highest BCUT2D eigenvalue weighted by molar-refractivity contribution is 6.44. The molecule has 1 aliphatic rings. The minimum absolute atomic E-state index is 0.217. The number of aliphatic hydroxyl groups is 3. The van der Waals surface area contributed by atoms with Crippen LogP contribution in [-0.4, -0.2) is 65.2 Å². The second kappa shape index (κ2) is 5.70. The van der Waals surface area contributed by atoms with E-state index in [1.807, 2.05) is 0 Å². The first-order valence-corrected chi connectivity index (χ1v) is 4.78. The predicted octanol–water partition coefficient (Wildman–Crippen LogP) is -1.99. The quantitative estimate of drug-likeness (QED) is 0.327. The highest BCUT2D eigenvalue weighted by atomic mass is 16.5. The first-order valence-electron chi connectivity index (χ1n) is 4.78. The maximum Gasteiger partial charge on any atom is 0.243 e. The number of ether oxygens (including phenoxy) is 2. The van der Waals surface area contributed by atoms with Crippen molar-refractivity contribution in [2.75, 3.05) is 13.7 Å². The third-order valence-electron chi connectivity index (χ3n) is 2.26. The van der Waals surface area contributed by atoms with Crippen molar-refractivity contribution in [2.45, 2.75) is 24.5 Å². The summed E-state index contributed by atoms with van der Waals surface area (Å²) in [7, 11) is 1.20. The zero-order valence-corrected chi connectivity index (χ0v) is 9.07. The maximum atomic E-state index is 9.54. The standard InChI is InChI=1S/C9H13N3O5/c1-16-8(11)4(2-10)12-9-7(15)6(14)5(13)3-17-9/h5-7,9,11,13-15H,3H2,1H3/b11-8?,12-4+. The van der Waals surface area contributed by atoms with Crippen LogP contribution >= 0.6 is 0 Å². The van der Waals surface area contributed by atoms with Gasteiger partial charge in [-0.3, -0.25) is 5.41 Å². The van der Waals surface area contributed by atoms with Gasteiger partial charge < -0.3 is 24.8 Å². The minimum atomic E-state index is -1.47. The number of hydrogen-bond donors (Lipinski definition) is 4. The summed E-state index contributed by atoms with van der Waals surface area (Å²) < 4.78 is 9.46. The average molecular weight is 243 g/mol. The van der Waals surface area contributed by atoms with Crippen LogP contribution in [0.25, 0.3) is 0 Å². The van der Waals surface area contributed by atoms with Crippen LogP contribution in [0.2, 0.25) is 0 Å². The molecular weight excluding hydrogens is 230 g/mol. The minimum Gasteiger partial charge on any atom is -0.479 e. The molecule has 0 saturated carbocycles. The van der Waals surface area contributed by atoms with E-state index in [0.717, 1.165) is 0 Å². The molecule has 0 bridgehead atoms. The summed E-state index contributed by atoms with van der Waals surface area (Å²) in [4.78, 5) is 3.65. The molecule has 17 heavy (non-hydrogen) atoms. The van der Waals surface area contributed by atoms with Crippen LogP contribution in [0.3, 0.4) is 0 Å². The van der Waals surface area contributed by atoms with Gasteiger partial charge >= 0.3 is 0 Å². The first kappa shape index (κ1) is 13.5. The molecule has 4 N–H and O–H groups in total. The number of methoxy groups -OCH3 is 1.